The van der Waals surface area contributed by atoms with Crippen molar-refractivity contribution >= 4 is 5.97 Å². The number of rotatable bonds is 4. The number of hydrogen-bond acceptors (Lipinski definition) is 3. The maximum atomic E-state index is 12.8. The van der Waals surface area contributed by atoms with E-state index in [9.17, 15) is 18.0 Å². The van der Waals surface area contributed by atoms with Gasteiger partial charge in [0.05, 0.1) is 18.9 Å². The molecule has 4 nitrogen and oxygen atoms in total. The fourth-order valence-corrected chi connectivity index (χ4v) is 3.01. The number of hydrogen-bond donors (Lipinski definition) is 0. The Morgan fingerprint density at radius 3 is 2.57 bits per heavy atom. The van der Waals surface area contributed by atoms with Gasteiger partial charge in [-0.1, -0.05) is 25.7 Å². The second-order valence-corrected chi connectivity index (χ2v) is 5.51. The quantitative estimate of drug-likeness (QED) is 0.800. The number of aromatic nitrogens is 2. The first kappa shape index (κ1) is 15.9. The smallest absolute Gasteiger partial charge is 0.419 e. The summed E-state index contributed by atoms with van der Waals surface area (Å²) in [7, 11) is 1.24. The van der Waals surface area contributed by atoms with Gasteiger partial charge in [0.25, 0.3) is 0 Å². The number of ether oxygens (including phenoxy) is 1. The first-order chi connectivity index (χ1) is 9.84. The Kier molecular flexibility index (Phi) is 4.58. The molecule has 1 aromatic rings. The van der Waals surface area contributed by atoms with Crippen molar-refractivity contribution in [2.24, 2.45) is 5.92 Å². The second-order valence-electron chi connectivity index (χ2n) is 5.51. The highest BCUT2D eigenvalue weighted by Gasteiger charge is 2.37. The fraction of sp³-hybridized carbons (Fsp3) is 0.714. The molecule has 0 amide bonds. The van der Waals surface area contributed by atoms with Gasteiger partial charge in [0.2, 0.25) is 0 Å². The number of carbonyl (C=O) groups excluding carboxylic acids is 1. The van der Waals surface area contributed by atoms with E-state index in [4.69, 9.17) is 4.74 Å². The summed E-state index contributed by atoms with van der Waals surface area (Å²) in [5, 5.41) is 3.79. The molecule has 0 saturated heterocycles. The lowest BCUT2D eigenvalue weighted by atomic mass is 9.98. The van der Waals surface area contributed by atoms with Crippen molar-refractivity contribution in [3.63, 3.8) is 0 Å². The summed E-state index contributed by atoms with van der Waals surface area (Å²) in [6.07, 6.45) is 0.998. The minimum absolute atomic E-state index is 0.0455. The molecule has 1 atom stereocenters. The third-order valence-corrected chi connectivity index (χ3v) is 4.15. The molecular weight excluding hydrogens is 285 g/mol. The number of methoxy groups -OCH3 is 1. The van der Waals surface area contributed by atoms with Crippen LogP contribution in [0.25, 0.3) is 0 Å². The van der Waals surface area contributed by atoms with E-state index >= 15 is 0 Å². The first-order valence-corrected chi connectivity index (χ1v) is 7.03. The highest BCUT2D eigenvalue weighted by molar-refractivity contribution is 5.74. The molecule has 1 aliphatic carbocycles. The van der Waals surface area contributed by atoms with Crippen LogP contribution in [0.2, 0.25) is 0 Å². The summed E-state index contributed by atoms with van der Waals surface area (Å²) in [5.41, 5.74) is -0.848. The van der Waals surface area contributed by atoms with Gasteiger partial charge in [-0.05, 0) is 19.3 Å². The average molecular weight is 304 g/mol. The van der Waals surface area contributed by atoms with Crippen LogP contribution in [-0.4, -0.2) is 22.9 Å². The topological polar surface area (TPSA) is 44.1 Å². The van der Waals surface area contributed by atoms with Crippen molar-refractivity contribution in [3.05, 3.63) is 17.5 Å². The number of esters is 1. The van der Waals surface area contributed by atoms with E-state index in [1.165, 1.54) is 14.0 Å². The van der Waals surface area contributed by atoms with E-state index < -0.39 is 23.8 Å². The van der Waals surface area contributed by atoms with Gasteiger partial charge >= 0.3 is 12.1 Å². The molecular formula is C14H19F3N2O2. The van der Waals surface area contributed by atoms with Crippen LogP contribution >= 0.6 is 0 Å². The van der Waals surface area contributed by atoms with Gasteiger partial charge in [-0.3, -0.25) is 4.68 Å². The van der Waals surface area contributed by atoms with Crippen LogP contribution in [0, 0.1) is 12.8 Å². The molecule has 0 radical (unpaired) electrons. The van der Waals surface area contributed by atoms with E-state index in [0.29, 0.717) is 12.3 Å². The monoisotopic (exact) mass is 304 g/mol. The van der Waals surface area contributed by atoms with E-state index in [1.54, 1.807) is 0 Å². The molecule has 1 aliphatic rings. The molecule has 0 bridgehead atoms. The number of carbonyl (C=O) groups is 1. The van der Waals surface area contributed by atoms with Crippen LogP contribution in [0.5, 0.6) is 0 Å². The van der Waals surface area contributed by atoms with Gasteiger partial charge in [0, 0.05) is 5.69 Å². The predicted octanol–water partition coefficient (Wildman–Crippen LogP) is 3.50. The van der Waals surface area contributed by atoms with E-state index in [0.717, 1.165) is 36.6 Å². The number of alkyl halides is 3. The Morgan fingerprint density at radius 2 is 2.10 bits per heavy atom. The van der Waals surface area contributed by atoms with Gasteiger partial charge < -0.3 is 4.74 Å². The molecule has 0 unspecified atom stereocenters. The average Bonchev–Trinajstić information content (AvgIpc) is 3.03. The summed E-state index contributed by atoms with van der Waals surface area (Å²) in [6.45, 7) is 1.33. The summed E-state index contributed by atoms with van der Waals surface area (Å²) >= 11 is 0. The molecule has 2 rings (SSSR count). The molecule has 7 heteroatoms. The Hall–Kier alpha value is -1.53. The third kappa shape index (κ3) is 3.39. The van der Waals surface area contributed by atoms with Crippen molar-refractivity contribution in [2.75, 3.05) is 7.11 Å². The summed E-state index contributed by atoms with van der Waals surface area (Å²) in [4.78, 5) is 11.9. The van der Waals surface area contributed by atoms with Gasteiger partial charge in [0.15, 0.2) is 0 Å². The van der Waals surface area contributed by atoms with Crippen molar-refractivity contribution in [1.82, 2.24) is 9.78 Å². The van der Waals surface area contributed by atoms with Gasteiger partial charge in [-0.2, -0.15) is 18.3 Å². The molecule has 118 valence electrons. The summed E-state index contributed by atoms with van der Waals surface area (Å²) in [6, 6.07) is -0.783. The molecule has 0 spiro atoms. The minimum atomic E-state index is -4.46. The van der Waals surface area contributed by atoms with Crippen LogP contribution in [0.15, 0.2) is 6.20 Å². The van der Waals surface area contributed by atoms with Crippen LogP contribution in [0.4, 0.5) is 13.2 Å². The zero-order valence-corrected chi connectivity index (χ0v) is 12.1. The van der Waals surface area contributed by atoms with Crippen LogP contribution in [-0.2, 0) is 15.7 Å². The third-order valence-electron chi connectivity index (χ3n) is 4.15. The summed E-state index contributed by atoms with van der Waals surface area (Å²) < 4.78 is 44.4. The zero-order chi connectivity index (χ0) is 15.6. The molecule has 1 saturated carbocycles. The standard InChI is InChI=1S/C14H19F3N2O2/c1-9-11(14(15,16)17)8-18-19(9)12(13(20)21-2)7-10-5-3-4-6-10/h8,10,12H,3-7H2,1-2H3/t12-/m0/s1. The van der Waals surface area contributed by atoms with Crippen molar-refractivity contribution < 1.29 is 22.7 Å². The van der Waals surface area contributed by atoms with E-state index in [-0.39, 0.29) is 5.69 Å². The Labute approximate surface area is 121 Å². The highest BCUT2D eigenvalue weighted by Crippen LogP contribution is 2.36. The van der Waals surface area contributed by atoms with Crippen molar-refractivity contribution in [2.45, 2.75) is 51.2 Å². The Morgan fingerprint density at radius 1 is 1.48 bits per heavy atom. The SMILES string of the molecule is COC(=O)[C@H](CC1CCCC1)n1ncc(C(F)(F)F)c1C. The molecule has 1 heterocycles. The molecule has 0 N–H and O–H groups in total. The Balaban J connectivity index is 2.28. The predicted molar refractivity (Wildman–Crippen MR) is 69.6 cm³/mol. The maximum Gasteiger partial charge on any atom is 0.419 e. The van der Waals surface area contributed by atoms with Crippen LogP contribution in [0.3, 0.4) is 0 Å². The second kappa shape index (κ2) is 6.07. The molecule has 1 fully saturated rings. The Bertz CT molecular complexity index is 505. The molecule has 0 aliphatic heterocycles. The fourth-order valence-electron chi connectivity index (χ4n) is 3.01. The molecule has 1 aromatic heterocycles. The van der Waals surface area contributed by atoms with E-state index in [1.807, 2.05) is 0 Å². The molecule has 21 heavy (non-hydrogen) atoms. The first-order valence-electron chi connectivity index (χ1n) is 7.03. The number of halogens is 3. The van der Waals surface area contributed by atoms with Gasteiger partial charge in [-0.25, -0.2) is 4.79 Å². The largest absolute Gasteiger partial charge is 0.467 e. The normalized spacial score (nSPS) is 18.0. The zero-order valence-electron chi connectivity index (χ0n) is 12.1. The lowest BCUT2D eigenvalue weighted by Gasteiger charge is -2.20. The van der Waals surface area contributed by atoms with Gasteiger partial charge in [0.1, 0.15) is 6.04 Å². The van der Waals surface area contributed by atoms with E-state index in [2.05, 4.69) is 5.10 Å². The van der Waals surface area contributed by atoms with Crippen molar-refractivity contribution in [3.8, 4) is 0 Å². The van der Waals surface area contributed by atoms with Gasteiger partial charge in [-0.15, -0.1) is 0 Å². The van der Waals surface area contributed by atoms with Crippen LogP contribution in [0.1, 0.15) is 49.4 Å². The maximum absolute atomic E-state index is 12.8. The lowest BCUT2D eigenvalue weighted by molar-refractivity contribution is -0.146. The number of nitrogens with zero attached hydrogens (tertiary/aromatic N) is 2. The van der Waals surface area contributed by atoms with Crippen molar-refractivity contribution in [1.29, 1.82) is 0 Å². The molecule has 0 aromatic carbocycles. The lowest BCUT2D eigenvalue weighted by Crippen LogP contribution is -2.25. The summed E-state index contributed by atoms with van der Waals surface area (Å²) in [5.74, 6) is -0.200. The minimum Gasteiger partial charge on any atom is -0.467 e. The highest BCUT2D eigenvalue weighted by atomic mass is 19.4. The van der Waals surface area contributed by atoms with Crippen LogP contribution < -0.4 is 0 Å².